The summed E-state index contributed by atoms with van der Waals surface area (Å²) in [6.07, 6.45) is 1.27. The lowest BCUT2D eigenvalue weighted by molar-refractivity contribution is 0.227. The number of hydrogen-bond acceptors (Lipinski definition) is 3. The number of aryl methyl sites for hydroxylation is 1. The summed E-state index contributed by atoms with van der Waals surface area (Å²) < 4.78 is 6.63. The maximum absolute atomic E-state index is 6.31. The van der Waals surface area contributed by atoms with E-state index in [2.05, 4.69) is 20.9 Å². The van der Waals surface area contributed by atoms with Crippen molar-refractivity contribution < 1.29 is 4.74 Å². The fourth-order valence-electron chi connectivity index (χ4n) is 1.83. The molecule has 1 aromatic carbocycles. The molecule has 3 nitrogen and oxygen atoms in total. The molecule has 2 aromatic rings. The van der Waals surface area contributed by atoms with Crippen LogP contribution in [0.15, 0.2) is 28.9 Å². The van der Waals surface area contributed by atoms with E-state index < -0.39 is 0 Å². The molecule has 0 aliphatic carbocycles. The zero-order valence-electron chi connectivity index (χ0n) is 13.0. The van der Waals surface area contributed by atoms with Gasteiger partial charge in [-0.2, -0.15) is 0 Å². The lowest BCUT2D eigenvalue weighted by Gasteiger charge is -2.19. The van der Waals surface area contributed by atoms with Crippen LogP contribution in [0.3, 0.4) is 0 Å². The minimum absolute atomic E-state index is 0.319. The van der Waals surface area contributed by atoms with Gasteiger partial charge in [0.05, 0.1) is 5.02 Å². The van der Waals surface area contributed by atoms with E-state index in [0.717, 1.165) is 15.6 Å². The largest absolute Gasteiger partial charge is 0.482 e. The quantitative estimate of drug-likeness (QED) is 0.660. The molecule has 0 amide bonds. The maximum Gasteiger partial charge on any atom is 0.166 e. The lowest BCUT2D eigenvalue weighted by Crippen LogP contribution is -2.07. The molecule has 22 heavy (non-hydrogen) atoms. The second kappa shape index (κ2) is 8.61. The third kappa shape index (κ3) is 4.51. The highest BCUT2D eigenvalue weighted by Gasteiger charge is 2.18. The maximum atomic E-state index is 6.31. The van der Waals surface area contributed by atoms with Crippen molar-refractivity contribution in [3.63, 3.8) is 0 Å². The van der Waals surface area contributed by atoms with E-state index in [1.807, 2.05) is 33.8 Å². The van der Waals surface area contributed by atoms with Gasteiger partial charge in [0.15, 0.2) is 11.6 Å². The van der Waals surface area contributed by atoms with E-state index in [-0.39, 0.29) is 6.10 Å². The number of ether oxygens (including phenoxy) is 1. The topological polar surface area (TPSA) is 48.1 Å². The van der Waals surface area contributed by atoms with Crippen molar-refractivity contribution in [1.82, 2.24) is 4.98 Å². The fraction of sp³-hybridized carbons (Fsp3) is 0.312. The summed E-state index contributed by atoms with van der Waals surface area (Å²) in [5.74, 6) is 0.806. The van der Waals surface area contributed by atoms with Crippen LogP contribution in [-0.4, -0.2) is 4.98 Å². The van der Waals surface area contributed by atoms with Crippen LogP contribution in [-0.2, 0) is 0 Å². The summed E-state index contributed by atoms with van der Waals surface area (Å²) in [7, 11) is 0. The van der Waals surface area contributed by atoms with Crippen LogP contribution in [0.4, 0.5) is 5.82 Å². The summed E-state index contributed by atoms with van der Waals surface area (Å²) in [6.45, 7) is 7.79. The van der Waals surface area contributed by atoms with Crippen LogP contribution in [0, 0.1) is 6.92 Å². The van der Waals surface area contributed by atoms with Gasteiger partial charge in [0, 0.05) is 21.3 Å². The van der Waals surface area contributed by atoms with Crippen molar-refractivity contribution in [2.45, 2.75) is 33.8 Å². The molecular weight excluding hydrogens is 387 g/mol. The zero-order valence-corrected chi connectivity index (χ0v) is 16.1. The van der Waals surface area contributed by atoms with E-state index in [0.29, 0.717) is 21.6 Å². The number of aromatic nitrogens is 1. The number of benzene rings is 1. The first-order chi connectivity index (χ1) is 10.4. The number of nitrogens with zero attached hydrogens (tertiary/aromatic N) is 1. The van der Waals surface area contributed by atoms with Gasteiger partial charge < -0.3 is 10.5 Å². The first-order valence-electron chi connectivity index (χ1n) is 6.92. The van der Waals surface area contributed by atoms with Crippen LogP contribution in [0.5, 0.6) is 5.75 Å². The lowest BCUT2D eigenvalue weighted by atomic mass is 10.1. The molecular formula is C16H19BrCl2N2O. The van der Waals surface area contributed by atoms with Crippen molar-refractivity contribution in [1.29, 1.82) is 0 Å². The van der Waals surface area contributed by atoms with E-state index >= 15 is 0 Å². The molecule has 2 rings (SSSR count). The molecule has 0 radical (unpaired) electrons. The summed E-state index contributed by atoms with van der Waals surface area (Å²) in [5.41, 5.74) is 7.49. The highest BCUT2D eigenvalue weighted by Crippen LogP contribution is 2.36. The molecule has 1 heterocycles. The highest BCUT2D eigenvalue weighted by atomic mass is 79.9. The molecule has 0 spiro atoms. The Morgan fingerprint density at radius 2 is 1.91 bits per heavy atom. The Kier molecular flexibility index (Phi) is 7.46. The van der Waals surface area contributed by atoms with E-state index in [1.165, 1.54) is 0 Å². The first kappa shape index (κ1) is 19.1. The van der Waals surface area contributed by atoms with Gasteiger partial charge in [0.2, 0.25) is 0 Å². The molecule has 0 bridgehead atoms. The molecule has 0 saturated carbocycles. The van der Waals surface area contributed by atoms with Crippen molar-refractivity contribution in [2.24, 2.45) is 0 Å². The Balaban J connectivity index is 0.00000116. The molecule has 6 heteroatoms. The smallest absolute Gasteiger partial charge is 0.166 e. The predicted octanol–water partition coefficient (Wildman–Crippen LogP) is 6.21. The van der Waals surface area contributed by atoms with Gasteiger partial charge in [-0.15, -0.1) is 0 Å². The minimum atomic E-state index is -0.340. The van der Waals surface area contributed by atoms with Crippen molar-refractivity contribution in [3.05, 3.63) is 50.0 Å². The van der Waals surface area contributed by atoms with Gasteiger partial charge in [-0.25, -0.2) is 4.98 Å². The third-order valence-corrected chi connectivity index (χ3v) is 4.14. The van der Waals surface area contributed by atoms with Crippen molar-refractivity contribution >= 4 is 44.9 Å². The van der Waals surface area contributed by atoms with Gasteiger partial charge in [0.1, 0.15) is 6.10 Å². The van der Waals surface area contributed by atoms with Gasteiger partial charge in [-0.3, -0.25) is 0 Å². The van der Waals surface area contributed by atoms with Gasteiger partial charge in [0.25, 0.3) is 0 Å². The van der Waals surface area contributed by atoms with Crippen molar-refractivity contribution in [2.75, 3.05) is 5.73 Å². The molecule has 120 valence electrons. The Bertz CT molecular complexity index is 650. The van der Waals surface area contributed by atoms with Crippen LogP contribution >= 0.6 is 39.1 Å². The number of nitrogen functional groups attached to an aromatic ring is 1. The Labute approximate surface area is 149 Å². The molecule has 1 aromatic heterocycles. The second-order valence-electron chi connectivity index (χ2n) is 4.39. The Morgan fingerprint density at radius 1 is 1.27 bits per heavy atom. The number of anilines is 1. The van der Waals surface area contributed by atoms with E-state index in [1.54, 1.807) is 18.3 Å². The SMILES string of the molecule is CC.Cc1ccc(Cl)c(C(C)Oc2cc(Br)cnc2N)c1Cl. The zero-order chi connectivity index (χ0) is 16.9. The molecule has 0 saturated heterocycles. The number of halogens is 3. The van der Waals surface area contributed by atoms with E-state index in [4.69, 9.17) is 33.7 Å². The predicted molar refractivity (Wildman–Crippen MR) is 97.9 cm³/mol. The number of rotatable bonds is 3. The monoisotopic (exact) mass is 404 g/mol. The summed E-state index contributed by atoms with van der Waals surface area (Å²) >= 11 is 15.9. The number of nitrogens with two attached hydrogens (primary N) is 1. The second-order valence-corrected chi connectivity index (χ2v) is 6.09. The van der Waals surface area contributed by atoms with Crippen LogP contribution < -0.4 is 10.5 Å². The normalized spacial score (nSPS) is 11.4. The molecule has 0 aliphatic heterocycles. The van der Waals surface area contributed by atoms with Crippen molar-refractivity contribution in [3.8, 4) is 5.75 Å². The number of pyridine rings is 1. The van der Waals surface area contributed by atoms with Gasteiger partial charge in [-0.05, 0) is 47.5 Å². The standard InChI is InChI=1S/C14H13BrCl2N2O.C2H6/c1-7-3-4-10(16)12(13(7)17)8(2)20-11-5-9(15)6-19-14(11)18;1-2/h3-6,8H,1-2H3,(H2,18,19);1-2H3. The average molecular weight is 406 g/mol. The molecule has 2 N–H and O–H groups in total. The Hall–Kier alpha value is -0.970. The molecule has 0 fully saturated rings. The van der Waals surface area contributed by atoms with E-state index in [9.17, 15) is 0 Å². The summed E-state index contributed by atoms with van der Waals surface area (Å²) in [5, 5.41) is 1.17. The van der Waals surface area contributed by atoms with Crippen LogP contribution in [0.25, 0.3) is 0 Å². The van der Waals surface area contributed by atoms with Crippen LogP contribution in [0.1, 0.15) is 38.0 Å². The Morgan fingerprint density at radius 3 is 2.55 bits per heavy atom. The highest BCUT2D eigenvalue weighted by molar-refractivity contribution is 9.10. The average Bonchev–Trinajstić information content (AvgIpc) is 2.49. The fourth-order valence-corrected chi connectivity index (χ4v) is 2.81. The minimum Gasteiger partial charge on any atom is -0.482 e. The first-order valence-corrected chi connectivity index (χ1v) is 8.47. The molecule has 1 unspecified atom stereocenters. The third-order valence-electron chi connectivity index (χ3n) is 2.88. The van der Waals surface area contributed by atoms with Gasteiger partial charge in [-0.1, -0.05) is 43.1 Å². The molecule has 1 atom stereocenters. The van der Waals surface area contributed by atoms with Gasteiger partial charge >= 0.3 is 0 Å². The molecule has 0 aliphatic rings. The summed E-state index contributed by atoms with van der Waals surface area (Å²) in [4.78, 5) is 4.03. The summed E-state index contributed by atoms with van der Waals surface area (Å²) in [6, 6.07) is 5.44. The number of hydrogen-bond donors (Lipinski definition) is 1. The van der Waals surface area contributed by atoms with Crippen LogP contribution in [0.2, 0.25) is 10.0 Å².